The maximum Gasteiger partial charge on any atom is 0.326 e. The van der Waals surface area contributed by atoms with Gasteiger partial charge in [-0.2, -0.15) is 4.99 Å². The molecular weight excluding hydrogens is 400 g/mol. The van der Waals surface area contributed by atoms with Gasteiger partial charge in [0.15, 0.2) is 4.80 Å². The number of fused-ring (bicyclic) bond motifs is 1. The van der Waals surface area contributed by atoms with E-state index in [2.05, 4.69) is 18.8 Å². The minimum Gasteiger partial charge on any atom is -0.497 e. The van der Waals surface area contributed by atoms with Crippen molar-refractivity contribution in [2.75, 3.05) is 13.7 Å². The van der Waals surface area contributed by atoms with E-state index in [1.165, 1.54) is 16.9 Å². The van der Waals surface area contributed by atoms with Crippen LogP contribution in [-0.4, -0.2) is 30.2 Å². The molecule has 1 heterocycles. The van der Waals surface area contributed by atoms with Crippen LogP contribution in [-0.2, 0) is 27.3 Å². The van der Waals surface area contributed by atoms with E-state index in [1.54, 1.807) is 18.6 Å². The SMILES string of the molecule is CCOC(=O)Cn1c(=NC(=O)Cc2ccc(C(C)C)cc2)sc2cc(OC)ccc21. The Hall–Kier alpha value is -2.93. The fourth-order valence-corrected chi connectivity index (χ4v) is 4.17. The number of nitrogens with zero attached hydrogens (tertiary/aromatic N) is 2. The summed E-state index contributed by atoms with van der Waals surface area (Å²) in [6, 6.07) is 13.6. The van der Waals surface area contributed by atoms with Crippen molar-refractivity contribution in [1.82, 2.24) is 4.57 Å². The van der Waals surface area contributed by atoms with Crippen molar-refractivity contribution < 1.29 is 19.1 Å². The molecule has 0 saturated carbocycles. The maximum absolute atomic E-state index is 12.7. The summed E-state index contributed by atoms with van der Waals surface area (Å²) in [5.74, 6) is 0.515. The summed E-state index contributed by atoms with van der Waals surface area (Å²) in [6.07, 6.45) is 0.204. The topological polar surface area (TPSA) is 69.9 Å². The Bertz CT molecular complexity index is 1110. The normalized spacial score (nSPS) is 11.8. The first-order valence-corrected chi connectivity index (χ1v) is 10.7. The molecule has 0 atom stereocenters. The molecule has 158 valence electrons. The maximum atomic E-state index is 12.7. The monoisotopic (exact) mass is 426 g/mol. The Morgan fingerprint density at radius 2 is 1.87 bits per heavy atom. The van der Waals surface area contributed by atoms with Gasteiger partial charge in [-0.15, -0.1) is 0 Å². The molecule has 0 radical (unpaired) electrons. The third-order valence-electron chi connectivity index (χ3n) is 4.70. The molecule has 0 aliphatic rings. The molecule has 2 aromatic carbocycles. The van der Waals surface area contributed by atoms with Crippen LogP contribution in [0.25, 0.3) is 10.2 Å². The number of ether oxygens (including phenoxy) is 2. The van der Waals surface area contributed by atoms with Gasteiger partial charge >= 0.3 is 5.97 Å². The van der Waals surface area contributed by atoms with E-state index in [9.17, 15) is 9.59 Å². The molecule has 1 amide bonds. The zero-order valence-corrected chi connectivity index (χ0v) is 18.5. The van der Waals surface area contributed by atoms with Crippen molar-refractivity contribution in [3.8, 4) is 5.75 Å². The number of benzene rings is 2. The molecule has 0 aliphatic heterocycles. The Kier molecular flexibility index (Phi) is 7.05. The molecule has 0 fully saturated rings. The predicted octanol–water partition coefficient (Wildman–Crippen LogP) is 4.07. The number of aromatic nitrogens is 1. The Morgan fingerprint density at radius 3 is 2.50 bits per heavy atom. The lowest BCUT2D eigenvalue weighted by atomic mass is 10.0. The first kappa shape index (κ1) is 21.8. The van der Waals surface area contributed by atoms with Gasteiger partial charge in [-0.05, 0) is 42.2 Å². The fraction of sp³-hybridized carbons (Fsp3) is 0.348. The first-order chi connectivity index (χ1) is 14.4. The lowest BCUT2D eigenvalue weighted by molar-refractivity contribution is -0.143. The third kappa shape index (κ3) is 5.16. The first-order valence-electron chi connectivity index (χ1n) is 9.90. The Balaban J connectivity index is 1.94. The molecule has 0 unspecified atom stereocenters. The molecule has 0 saturated heterocycles. The van der Waals surface area contributed by atoms with E-state index in [4.69, 9.17) is 9.47 Å². The highest BCUT2D eigenvalue weighted by Gasteiger charge is 2.13. The van der Waals surface area contributed by atoms with Gasteiger partial charge in [-0.25, -0.2) is 0 Å². The fourth-order valence-electron chi connectivity index (χ4n) is 3.10. The van der Waals surface area contributed by atoms with Crippen LogP contribution in [0.5, 0.6) is 5.75 Å². The highest BCUT2D eigenvalue weighted by molar-refractivity contribution is 7.16. The quantitative estimate of drug-likeness (QED) is 0.534. The molecule has 6 nitrogen and oxygen atoms in total. The zero-order valence-electron chi connectivity index (χ0n) is 17.7. The summed E-state index contributed by atoms with van der Waals surface area (Å²) in [7, 11) is 1.60. The predicted molar refractivity (Wildman–Crippen MR) is 118 cm³/mol. The van der Waals surface area contributed by atoms with Gasteiger partial charge in [-0.3, -0.25) is 9.59 Å². The van der Waals surface area contributed by atoms with Gasteiger partial charge < -0.3 is 14.0 Å². The number of amides is 1. The number of hydrogen-bond acceptors (Lipinski definition) is 5. The van der Waals surface area contributed by atoms with Gasteiger partial charge in [0.05, 0.1) is 30.4 Å². The van der Waals surface area contributed by atoms with Crippen LogP contribution < -0.4 is 9.54 Å². The van der Waals surface area contributed by atoms with Crippen molar-refractivity contribution in [3.05, 3.63) is 58.4 Å². The number of esters is 1. The number of rotatable bonds is 7. The highest BCUT2D eigenvalue weighted by atomic mass is 32.1. The van der Waals surface area contributed by atoms with Crippen molar-refractivity contribution in [1.29, 1.82) is 0 Å². The highest BCUT2D eigenvalue weighted by Crippen LogP contribution is 2.23. The van der Waals surface area contributed by atoms with Crippen LogP contribution in [0, 0.1) is 0 Å². The molecule has 30 heavy (non-hydrogen) atoms. The second-order valence-electron chi connectivity index (χ2n) is 7.19. The minimum absolute atomic E-state index is 0.00460. The molecule has 3 rings (SSSR count). The third-order valence-corrected chi connectivity index (χ3v) is 5.75. The van der Waals surface area contributed by atoms with Crippen LogP contribution in [0.3, 0.4) is 0 Å². The lowest BCUT2D eigenvalue weighted by Gasteiger charge is -2.06. The van der Waals surface area contributed by atoms with Crippen LogP contribution in [0.4, 0.5) is 0 Å². The molecule has 0 N–H and O–H groups in total. The molecule has 0 aliphatic carbocycles. The van der Waals surface area contributed by atoms with Gasteiger partial charge in [-0.1, -0.05) is 49.4 Å². The molecule has 1 aromatic heterocycles. The molecule has 0 bridgehead atoms. The van der Waals surface area contributed by atoms with Crippen molar-refractivity contribution in [3.63, 3.8) is 0 Å². The lowest BCUT2D eigenvalue weighted by Crippen LogP contribution is -2.23. The van der Waals surface area contributed by atoms with Crippen LogP contribution >= 0.6 is 11.3 Å². The van der Waals surface area contributed by atoms with Gasteiger partial charge in [0.2, 0.25) is 0 Å². The molecular formula is C23H26N2O4S. The number of carbonyl (C=O) groups is 2. The number of methoxy groups -OCH3 is 1. The van der Waals surface area contributed by atoms with Crippen LogP contribution in [0.15, 0.2) is 47.5 Å². The van der Waals surface area contributed by atoms with Crippen molar-refractivity contribution >= 4 is 33.4 Å². The largest absolute Gasteiger partial charge is 0.497 e. The number of hydrogen-bond donors (Lipinski definition) is 0. The molecule has 0 spiro atoms. The van der Waals surface area contributed by atoms with E-state index in [0.717, 1.165) is 15.8 Å². The second-order valence-corrected chi connectivity index (χ2v) is 8.20. The van der Waals surface area contributed by atoms with Crippen LogP contribution in [0.2, 0.25) is 0 Å². The van der Waals surface area contributed by atoms with Crippen molar-refractivity contribution in [2.45, 2.75) is 39.7 Å². The van der Waals surface area contributed by atoms with Gasteiger partial charge in [0, 0.05) is 0 Å². The average Bonchev–Trinajstić information content (AvgIpc) is 3.04. The number of thiazole rings is 1. The Morgan fingerprint density at radius 1 is 1.13 bits per heavy atom. The van der Waals surface area contributed by atoms with E-state index < -0.39 is 0 Å². The van der Waals surface area contributed by atoms with Crippen molar-refractivity contribution in [2.24, 2.45) is 4.99 Å². The van der Waals surface area contributed by atoms with E-state index >= 15 is 0 Å². The van der Waals surface area contributed by atoms with Gasteiger partial charge in [0.25, 0.3) is 5.91 Å². The summed E-state index contributed by atoms with van der Waals surface area (Å²) in [5, 5.41) is 0. The average molecular weight is 427 g/mol. The molecule has 3 aromatic rings. The summed E-state index contributed by atoms with van der Waals surface area (Å²) in [4.78, 5) is 29.5. The van der Waals surface area contributed by atoms with Gasteiger partial charge in [0.1, 0.15) is 12.3 Å². The smallest absolute Gasteiger partial charge is 0.326 e. The van der Waals surface area contributed by atoms with Crippen LogP contribution in [0.1, 0.15) is 37.8 Å². The van der Waals surface area contributed by atoms with E-state index in [1.807, 2.05) is 42.5 Å². The second kappa shape index (κ2) is 9.71. The standard InChI is InChI=1S/C23H26N2O4S/c1-5-29-22(27)14-25-19-11-10-18(28-4)13-20(19)30-23(25)24-21(26)12-16-6-8-17(9-7-16)15(2)3/h6-11,13,15H,5,12,14H2,1-4H3. The summed E-state index contributed by atoms with van der Waals surface area (Å²) in [6.45, 7) is 6.32. The summed E-state index contributed by atoms with van der Waals surface area (Å²) >= 11 is 1.35. The van der Waals surface area contributed by atoms with E-state index in [-0.39, 0.29) is 24.8 Å². The summed E-state index contributed by atoms with van der Waals surface area (Å²) in [5.41, 5.74) is 2.95. The van der Waals surface area contributed by atoms with E-state index in [0.29, 0.717) is 23.1 Å². The Labute approximate surface area is 179 Å². The summed E-state index contributed by atoms with van der Waals surface area (Å²) < 4.78 is 13.0. The minimum atomic E-state index is -0.369. The zero-order chi connectivity index (χ0) is 21.7. The number of carbonyl (C=O) groups excluding carboxylic acids is 2. The molecule has 7 heteroatoms.